The molecule has 0 saturated heterocycles. The molecular formula is C13H12Br2FNS. The van der Waals surface area contributed by atoms with E-state index in [-0.39, 0.29) is 11.9 Å². The smallest absolute Gasteiger partial charge is 0.142 e. The second-order valence-electron chi connectivity index (χ2n) is 3.80. The third-order valence-corrected chi connectivity index (χ3v) is 4.94. The number of nitrogens with one attached hydrogen (secondary N) is 1. The summed E-state index contributed by atoms with van der Waals surface area (Å²) in [7, 11) is 0. The topological polar surface area (TPSA) is 12.0 Å². The lowest BCUT2D eigenvalue weighted by Gasteiger charge is -2.18. The predicted molar refractivity (Wildman–Crippen MR) is 81.6 cm³/mol. The lowest BCUT2D eigenvalue weighted by atomic mass is 10.0. The number of hydrogen-bond acceptors (Lipinski definition) is 2. The van der Waals surface area contributed by atoms with Crippen LogP contribution in [0.3, 0.4) is 0 Å². The van der Waals surface area contributed by atoms with Gasteiger partial charge in [0.1, 0.15) is 5.82 Å². The van der Waals surface area contributed by atoms with Gasteiger partial charge in [-0.25, -0.2) is 4.39 Å². The molecule has 1 aromatic carbocycles. The number of hydrogen-bond donors (Lipinski definition) is 1. The maximum Gasteiger partial charge on any atom is 0.142 e. The highest BCUT2D eigenvalue weighted by atomic mass is 79.9. The monoisotopic (exact) mass is 391 g/mol. The second-order valence-corrected chi connectivity index (χ2v) is 6.51. The van der Waals surface area contributed by atoms with Crippen LogP contribution in [-0.4, -0.2) is 6.54 Å². The molecule has 0 amide bonds. The number of rotatable bonds is 4. The minimum atomic E-state index is -0.201. The number of halogens is 3. The van der Waals surface area contributed by atoms with Gasteiger partial charge in [-0.05, 0) is 50.5 Å². The van der Waals surface area contributed by atoms with Gasteiger partial charge in [-0.3, -0.25) is 0 Å². The molecular weight excluding hydrogens is 381 g/mol. The highest BCUT2D eigenvalue weighted by Gasteiger charge is 2.19. The average molecular weight is 393 g/mol. The zero-order valence-electron chi connectivity index (χ0n) is 9.71. The van der Waals surface area contributed by atoms with E-state index in [4.69, 9.17) is 0 Å². The minimum Gasteiger partial charge on any atom is -0.306 e. The molecule has 0 bridgehead atoms. The predicted octanol–water partition coefficient (Wildman–Crippen LogP) is 5.11. The zero-order valence-corrected chi connectivity index (χ0v) is 13.7. The molecule has 0 fully saturated rings. The molecule has 18 heavy (non-hydrogen) atoms. The summed E-state index contributed by atoms with van der Waals surface area (Å²) in [4.78, 5) is 1.10. The van der Waals surface area contributed by atoms with E-state index >= 15 is 0 Å². The van der Waals surface area contributed by atoms with Crippen molar-refractivity contribution in [1.29, 1.82) is 0 Å². The first-order valence-electron chi connectivity index (χ1n) is 5.54. The summed E-state index contributed by atoms with van der Waals surface area (Å²) in [5, 5.41) is 5.33. The van der Waals surface area contributed by atoms with Crippen molar-refractivity contribution >= 4 is 43.2 Å². The Balaban J connectivity index is 2.44. The summed E-state index contributed by atoms with van der Waals surface area (Å²) in [6.45, 7) is 2.80. The van der Waals surface area contributed by atoms with Crippen LogP contribution in [0.1, 0.15) is 23.4 Å². The van der Waals surface area contributed by atoms with Crippen LogP contribution in [0.5, 0.6) is 0 Å². The van der Waals surface area contributed by atoms with Gasteiger partial charge in [0, 0.05) is 20.3 Å². The van der Waals surface area contributed by atoms with Gasteiger partial charge in [0.05, 0.1) is 10.5 Å². The van der Waals surface area contributed by atoms with E-state index in [0.717, 1.165) is 15.9 Å². The quantitative estimate of drug-likeness (QED) is 0.762. The van der Waals surface area contributed by atoms with Crippen molar-refractivity contribution in [2.24, 2.45) is 0 Å². The highest BCUT2D eigenvalue weighted by molar-refractivity contribution is 9.10. The van der Waals surface area contributed by atoms with E-state index < -0.39 is 0 Å². The van der Waals surface area contributed by atoms with Crippen molar-refractivity contribution in [2.45, 2.75) is 13.0 Å². The van der Waals surface area contributed by atoms with Crippen molar-refractivity contribution in [2.75, 3.05) is 6.54 Å². The fourth-order valence-corrected chi connectivity index (χ4v) is 3.71. The van der Waals surface area contributed by atoms with Crippen molar-refractivity contribution < 1.29 is 4.39 Å². The Hall–Kier alpha value is -0.230. The van der Waals surface area contributed by atoms with E-state index in [0.29, 0.717) is 10.0 Å². The lowest BCUT2D eigenvalue weighted by molar-refractivity contribution is 0.559. The number of thiophene rings is 1. The van der Waals surface area contributed by atoms with Gasteiger partial charge < -0.3 is 5.32 Å². The van der Waals surface area contributed by atoms with Crippen LogP contribution in [0.4, 0.5) is 4.39 Å². The Kier molecular flexibility index (Phi) is 4.95. The summed E-state index contributed by atoms with van der Waals surface area (Å²) in [6, 6.07) is 7.31. The standard InChI is InChI=1S/C13H12Br2FNS/c1-2-17-13(11-6-8(14)7-18-11)9-4-3-5-10(15)12(9)16/h3-7,13,17H,2H2,1H3. The minimum absolute atomic E-state index is 0.108. The Morgan fingerprint density at radius 1 is 1.39 bits per heavy atom. The zero-order chi connectivity index (χ0) is 13.1. The van der Waals surface area contributed by atoms with Gasteiger partial charge in [-0.15, -0.1) is 11.3 Å². The van der Waals surface area contributed by atoms with E-state index in [1.54, 1.807) is 17.4 Å². The van der Waals surface area contributed by atoms with Crippen molar-refractivity contribution in [3.8, 4) is 0 Å². The van der Waals surface area contributed by atoms with Crippen LogP contribution in [0, 0.1) is 5.82 Å². The molecule has 1 nitrogen and oxygen atoms in total. The van der Waals surface area contributed by atoms with Crippen LogP contribution in [0.15, 0.2) is 38.6 Å². The van der Waals surface area contributed by atoms with E-state index in [9.17, 15) is 4.39 Å². The average Bonchev–Trinajstić information content (AvgIpc) is 2.77. The normalized spacial score (nSPS) is 12.7. The molecule has 0 aliphatic carbocycles. The van der Waals surface area contributed by atoms with Gasteiger partial charge in [0.25, 0.3) is 0 Å². The van der Waals surface area contributed by atoms with Gasteiger partial charge in [-0.1, -0.05) is 19.1 Å². The summed E-state index contributed by atoms with van der Waals surface area (Å²) in [5.41, 5.74) is 0.667. The Morgan fingerprint density at radius 3 is 2.78 bits per heavy atom. The first kappa shape index (κ1) is 14.2. The summed E-state index contributed by atoms with van der Waals surface area (Å²) >= 11 is 8.29. The highest BCUT2D eigenvalue weighted by Crippen LogP contribution is 2.33. The molecule has 1 unspecified atom stereocenters. The van der Waals surface area contributed by atoms with Gasteiger partial charge in [0.2, 0.25) is 0 Å². The Morgan fingerprint density at radius 2 is 2.17 bits per heavy atom. The van der Waals surface area contributed by atoms with E-state index in [1.165, 1.54) is 0 Å². The third-order valence-electron chi connectivity index (χ3n) is 2.57. The SMILES string of the molecule is CCNC(c1cc(Br)cs1)c1cccc(Br)c1F. The molecule has 0 spiro atoms. The van der Waals surface area contributed by atoms with Crippen LogP contribution in [0.25, 0.3) is 0 Å². The van der Waals surface area contributed by atoms with E-state index in [1.807, 2.05) is 30.5 Å². The first-order valence-corrected chi connectivity index (χ1v) is 8.01. The maximum atomic E-state index is 14.2. The molecule has 1 aromatic heterocycles. The fraction of sp³-hybridized carbons (Fsp3) is 0.231. The maximum absolute atomic E-state index is 14.2. The van der Waals surface area contributed by atoms with Crippen molar-refractivity contribution in [3.63, 3.8) is 0 Å². The molecule has 1 heterocycles. The molecule has 0 aliphatic heterocycles. The second kappa shape index (κ2) is 6.28. The largest absolute Gasteiger partial charge is 0.306 e. The van der Waals surface area contributed by atoms with Crippen LogP contribution < -0.4 is 5.32 Å². The summed E-state index contributed by atoms with van der Waals surface area (Å²) in [6.07, 6.45) is 0. The molecule has 0 radical (unpaired) electrons. The Labute approximate surface area is 127 Å². The molecule has 5 heteroatoms. The van der Waals surface area contributed by atoms with E-state index in [2.05, 4.69) is 37.2 Å². The molecule has 0 saturated carbocycles. The molecule has 0 aliphatic rings. The molecule has 96 valence electrons. The third kappa shape index (κ3) is 3.02. The van der Waals surface area contributed by atoms with Crippen molar-refractivity contribution in [3.05, 3.63) is 54.8 Å². The molecule has 1 N–H and O–H groups in total. The van der Waals surface area contributed by atoms with Gasteiger partial charge >= 0.3 is 0 Å². The van der Waals surface area contributed by atoms with Gasteiger partial charge in [0.15, 0.2) is 0 Å². The van der Waals surface area contributed by atoms with Crippen LogP contribution in [-0.2, 0) is 0 Å². The Bertz CT molecular complexity index is 542. The summed E-state index contributed by atoms with van der Waals surface area (Å²) in [5.74, 6) is -0.201. The molecule has 2 rings (SSSR count). The van der Waals surface area contributed by atoms with Gasteiger partial charge in [-0.2, -0.15) is 0 Å². The molecule has 1 atom stereocenters. The molecule has 2 aromatic rings. The van der Waals surface area contributed by atoms with Crippen molar-refractivity contribution in [1.82, 2.24) is 5.32 Å². The van der Waals surface area contributed by atoms with Crippen LogP contribution >= 0.6 is 43.2 Å². The number of benzene rings is 1. The summed E-state index contributed by atoms with van der Waals surface area (Å²) < 4.78 is 15.7. The fourth-order valence-electron chi connectivity index (χ4n) is 1.79. The first-order chi connectivity index (χ1) is 8.63. The van der Waals surface area contributed by atoms with Crippen LogP contribution in [0.2, 0.25) is 0 Å². The lowest BCUT2D eigenvalue weighted by Crippen LogP contribution is -2.22.